The van der Waals surface area contributed by atoms with Gasteiger partial charge in [-0.15, -0.1) is 0 Å². The minimum absolute atomic E-state index is 0.303. The Morgan fingerprint density at radius 1 is 1.14 bits per heavy atom. The fraction of sp³-hybridized carbons (Fsp3) is 0.217. The summed E-state index contributed by atoms with van der Waals surface area (Å²) in [5.41, 5.74) is 6.45. The van der Waals surface area contributed by atoms with Crippen molar-refractivity contribution in [3.63, 3.8) is 0 Å². The van der Waals surface area contributed by atoms with E-state index >= 15 is 0 Å². The van der Waals surface area contributed by atoms with E-state index in [1.807, 2.05) is 0 Å². The monoisotopic (exact) mass is 525 g/mol. The zero-order valence-electron chi connectivity index (χ0n) is 18.7. The summed E-state index contributed by atoms with van der Waals surface area (Å²) in [6.07, 6.45) is 3.12. The van der Waals surface area contributed by atoms with Gasteiger partial charge in [-0.25, -0.2) is 4.79 Å². The molecule has 0 saturated carbocycles. The Morgan fingerprint density at radius 3 is 2.53 bits per heavy atom. The van der Waals surface area contributed by atoms with Crippen molar-refractivity contribution in [2.75, 3.05) is 12.4 Å². The molecule has 2 aromatic heterocycles. The van der Waals surface area contributed by atoms with Gasteiger partial charge in [0.2, 0.25) is 11.8 Å². The van der Waals surface area contributed by atoms with Gasteiger partial charge in [0.1, 0.15) is 17.5 Å². The summed E-state index contributed by atoms with van der Waals surface area (Å²) in [5.74, 6) is -2.92. The number of benzene rings is 1. The summed E-state index contributed by atoms with van der Waals surface area (Å²) in [5, 5.41) is 2.15. The molecular formula is C23H19N5O6S2. The van der Waals surface area contributed by atoms with Crippen LogP contribution in [0.4, 0.5) is 10.5 Å². The van der Waals surface area contributed by atoms with Gasteiger partial charge in [0.15, 0.2) is 0 Å². The molecule has 0 spiro atoms. The summed E-state index contributed by atoms with van der Waals surface area (Å²) >= 11 is 1.90. The average molecular weight is 526 g/mol. The highest BCUT2D eigenvalue weighted by Crippen LogP contribution is 2.53. The van der Waals surface area contributed by atoms with Crippen molar-refractivity contribution < 1.29 is 23.9 Å². The van der Waals surface area contributed by atoms with Crippen LogP contribution in [0.2, 0.25) is 0 Å². The first-order chi connectivity index (χ1) is 17.3. The summed E-state index contributed by atoms with van der Waals surface area (Å²) in [7, 11) is 1.53. The van der Waals surface area contributed by atoms with E-state index in [-0.39, 0.29) is 6.54 Å². The lowest BCUT2D eigenvalue weighted by atomic mass is 9.84. The average Bonchev–Trinajstić information content (AvgIpc) is 3.31. The maximum atomic E-state index is 13.1. The number of primary amides is 1. The number of anilines is 1. The molecule has 184 valence electrons. The number of pyridine rings is 1. The number of fused-ring (bicyclic) bond motifs is 2. The first-order valence-electron chi connectivity index (χ1n) is 10.7. The number of methoxy groups -OCH3 is 1. The number of nitrogens with one attached hydrogen (secondary N) is 1. The van der Waals surface area contributed by atoms with Gasteiger partial charge in [0, 0.05) is 28.9 Å². The quantitative estimate of drug-likeness (QED) is 0.477. The van der Waals surface area contributed by atoms with Gasteiger partial charge in [0.25, 0.3) is 5.91 Å². The number of urea groups is 1. The highest BCUT2D eigenvalue weighted by molar-refractivity contribution is 8.00. The molecule has 11 nitrogen and oxygen atoms in total. The van der Waals surface area contributed by atoms with Gasteiger partial charge in [-0.05, 0) is 35.9 Å². The standard InChI is InChI=1S/C23H19N5O6S2/c1-34-13-6-4-12(5-7-13)26-14(29)10-27-21-18(36-23(27)33)15(11-3-2-8-25-9-11)16-17(35-21)20(31)28(19(16)30)22(24)32/h2-9,15-17H,10H2,1H3,(H2,24,32)(H,26,29)/t15-,16+,17-/m0/s1. The molecule has 3 atom stereocenters. The van der Waals surface area contributed by atoms with E-state index in [0.717, 1.165) is 23.1 Å². The van der Waals surface area contributed by atoms with Crippen LogP contribution < -0.4 is 20.7 Å². The Kier molecular flexibility index (Phi) is 6.10. The fourth-order valence-corrected chi connectivity index (χ4v) is 7.18. The van der Waals surface area contributed by atoms with E-state index in [4.69, 9.17) is 10.5 Å². The molecule has 4 heterocycles. The minimum atomic E-state index is -1.15. The predicted molar refractivity (Wildman–Crippen MR) is 131 cm³/mol. The van der Waals surface area contributed by atoms with Crippen molar-refractivity contribution in [3.05, 3.63) is 68.9 Å². The zero-order valence-corrected chi connectivity index (χ0v) is 20.4. The maximum absolute atomic E-state index is 13.1. The van der Waals surface area contributed by atoms with Crippen LogP contribution in [-0.2, 0) is 20.9 Å². The minimum Gasteiger partial charge on any atom is -0.497 e. The molecule has 2 aliphatic rings. The first-order valence-corrected chi connectivity index (χ1v) is 12.4. The van der Waals surface area contributed by atoms with Crippen molar-refractivity contribution in [2.24, 2.45) is 11.7 Å². The molecule has 0 radical (unpaired) electrons. The van der Waals surface area contributed by atoms with Crippen LogP contribution in [0.1, 0.15) is 16.4 Å². The maximum Gasteiger partial charge on any atom is 0.328 e. The normalized spacial score (nSPS) is 20.6. The van der Waals surface area contributed by atoms with Crippen molar-refractivity contribution >= 4 is 52.5 Å². The molecular weight excluding hydrogens is 506 g/mol. The first kappa shape index (κ1) is 23.8. The summed E-state index contributed by atoms with van der Waals surface area (Å²) in [6, 6.07) is 8.99. The number of amides is 5. The highest BCUT2D eigenvalue weighted by atomic mass is 32.2. The largest absolute Gasteiger partial charge is 0.497 e. The van der Waals surface area contributed by atoms with Gasteiger partial charge in [-0.2, -0.15) is 4.90 Å². The molecule has 3 N–H and O–H groups in total. The molecule has 0 aliphatic carbocycles. The van der Waals surface area contributed by atoms with Gasteiger partial charge >= 0.3 is 10.9 Å². The molecule has 2 aliphatic heterocycles. The number of rotatable bonds is 5. The van der Waals surface area contributed by atoms with Crippen molar-refractivity contribution in [3.8, 4) is 5.75 Å². The Balaban J connectivity index is 1.52. The van der Waals surface area contributed by atoms with Crippen molar-refractivity contribution in [2.45, 2.75) is 22.7 Å². The SMILES string of the molecule is COc1ccc(NC(=O)Cn2c3c(sc2=O)[C@@H](c2cccnc2)[C@H]2C(=O)N(C(N)=O)C(=O)[C@H]2S3)cc1. The number of hydrogen-bond donors (Lipinski definition) is 2. The van der Waals surface area contributed by atoms with Crippen LogP contribution in [0.3, 0.4) is 0 Å². The summed E-state index contributed by atoms with van der Waals surface area (Å²) in [4.78, 5) is 68.5. The lowest BCUT2D eigenvalue weighted by molar-refractivity contribution is -0.135. The topological polar surface area (TPSA) is 154 Å². The number of thiazole rings is 1. The molecule has 3 aromatic rings. The molecule has 1 saturated heterocycles. The molecule has 0 unspecified atom stereocenters. The van der Waals surface area contributed by atoms with E-state index in [0.29, 0.717) is 31.8 Å². The number of thioether (sulfide) groups is 1. The van der Waals surface area contributed by atoms with E-state index in [9.17, 15) is 24.0 Å². The fourth-order valence-electron chi connectivity index (χ4n) is 4.41. The highest BCUT2D eigenvalue weighted by Gasteiger charge is 2.57. The van der Waals surface area contributed by atoms with Crippen LogP contribution in [0, 0.1) is 5.92 Å². The Labute approximate surface area is 212 Å². The van der Waals surface area contributed by atoms with Crippen LogP contribution >= 0.6 is 23.1 Å². The van der Waals surface area contributed by atoms with Gasteiger partial charge in [0.05, 0.1) is 18.1 Å². The van der Waals surface area contributed by atoms with Crippen molar-refractivity contribution in [1.29, 1.82) is 0 Å². The number of carbonyl (C=O) groups is 4. The van der Waals surface area contributed by atoms with Crippen LogP contribution in [0.15, 0.2) is 58.6 Å². The van der Waals surface area contributed by atoms with E-state index < -0.39 is 45.7 Å². The zero-order chi connectivity index (χ0) is 25.6. The second-order valence-corrected chi connectivity index (χ2v) is 10.2. The van der Waals surface area contributed by atoms with Crippen LogP contribution in [-0.4, -0.2) is 50.6 Å². The second kappa shape index (κ2) is 9.24. The van der Waals surface area contributed by atoms with Crippen molar-refractivity contribution in [1.82, 2.24) is 14.5 Å². The number of nitrogens with zero attached hydrogens (tertiary/aromatic N) is 3. The van der Waals surface area contributed by atoms with E-state index in [1.54, 1.807) is 48.8 Å². The summed E-state index contributed by atoms with van der Waals surface area (Å²) in [6.45, 7) is -0.303. The smallest absolute Gasteiger partial charge is 0.328 e. The number of carbonyl (C=O) groups excluding carboxylic acids is 4. The number of likely N-dealkylation sites (tertiary alicyclic amines) is 1. The molecule has 0 bridgehead atoms. The molecule has 13 heteroatoms. The third-order valence-electron chi connectivity index (χ3n) is 5.99. The molecule has 5 rings (SSSR count). The van der Waals surface area contributed by atoms with Gasteiger partial charge in [-0.3, -0.25) is 28.7 Å². The third-order valence-corrected chi connectivity index (χ3v) is 8.59. The second-order valence-electron chi connectivity index (χ2n) is 8.08. The number of imide groups is 3. The predicted octanol–water partition coefficient (Wildman–Crippen LogP) is 1.62. The number of aromatic nitrogens is 2. The Bertz CT molecular complexity index is 1440. The molecule has 1 aromatic carbocycles. The summed E-state index contributed by atoms with van der Waals surface area (Å²) < 4.78 is 6.39. The lowest BCUT2D eigenvalue weighted by Crippen LogP contribution is -2.41. The van der Waals surface area contributed by atoms with Crippen LogP contribution in [0.5, 0.6) is 5.75 Å². The van der Waals surface area contributed by atoms with E-state index in [1.165, 1.54) is 11.7 Å². The Hall–Kier alpha value is -3.97. The number of ether oxygens (including phenoxy) is 1. The third kappa shape index (κ3) is 3.95. The van der Waals surface area contributed by atoms with E-state index in [2.05, 4.69) is 10.3 Å². The number of hydrogen-bond acceptors (Lipinski definition) is 9. The molecule has 36 heavy (non-hydrogen) atoms. The Morgan fingerprint density at radius 2 is 1.89 bits per heavy atom. The lowest BCUT2D eigenvalue weighted by Gasteiger charge is -2.30. The van der Waals surface area contributed by atoms with Crippen LogP contribution in [0.25, 0.3) is 0 Å². The van der Waals surface area contributed by atoms with Gasteiger partial charge < -0.3 is 15.8 Å². The number of nitrogens with two attached hydrogens (primary N) is 1. The molecule has 5 amide bonds. The van der Waals surface area contributed by atoms with Gasteiger partial charge in [-0.1, -0.05) is 29.2 Å². The molecule has 1 fully saturated rings.